The van der Waals surface area contributed by atoms with Crippen LogP contribution in [0.4, 0.5) is 0 Å². The van der Waals surface area contributed by atoms with Crippen LogP contribution in [0.3, 0.4) is 0 Å². The van der Waals surface area contributed by atoms with Crippen molar-refractivity contribution < 1.29 is 27.5 Å². The van der Waals surface area contributed by atoms with Gasteiger partial charge >= 0.3 is 355 Å². The fourth-order valence-electron chi connectivity index (χ4n) is 6.59. The zero-order chi connectivity index (χ0) is 41.7. The van der Waals surface area contributed by atoms with Gasteiger partial charge in [0.05, 0.1) is 0 Å². The van der Waals surface area contributed by atoms with Crippen LogP contribution in [0, 0.1) is 0 Å². The third kappa shape index (κ3) is 9.62. The summed E-state index contributed by atoms with van der Waals surface area (Å²) in [6, 6.07) is 49.1. The van der Waals surface area contributed by atoms with Crippen LogP contribution >= 0.6 is 24.1 Å². The second-order valence-electron chi connectivity index (χ2n) is 13.7. The Balaban J connectivity index is 1.61. The first-order valence-electron chi connectivity index (χ1n) is 19.8. The molecule has 0 radical (unpaired) electrons. The first kappa shape index (κ1) is 43.1. The topological polar surface area (TPSA) is 187 Å². The molecule has 16 heteroatoms. The average Bonchev–Trinajstić information content (AvgIpc) is 3.26. The summed E-state index contributed by atoms with van der Waals surface area (Å²) in [5.41, 5.74) is 28.1. The molecule has 0 spiro atoms. The molecule has 0 saturated heterocycles. The Labute approximate surface area is 353 Å². The first-order chi connectivity index (χ1) is 29.4. The summed E-state index contributed by atoms with van der Waals surface area (Å²) >= 11 is 0. The number of nitrogens with zero attached hydrogens (tertiary/aromatic N) is 2. The van der Waals surface area contributed by atoms with Gasteiger partial charge in [-0.2, -0.15) is 0 Å². The number of benzene rings is 6. The van der Waals surface area contributed by atoms with Crippen molar-refractivity contribution in [3.63, 3.8) is 0 Å². The molecule has 1 aliphatic heterocycles. The number of nitrogens with two attached hydrogens (primary N) is 4. The summed E-state index contributed by atoms with van der Waals surface area (Å²) in [5, 5.41) is 0. The van der Waals surface area contributed by atoms with Gasteiger partial charge in [0.25, 0.3) is 0 Å². The Hall–Kier alpha value is -5.03. The zero-order valence-electron chi connectivity index (χ0n) is 33.2. The van der Waals surface area contributed by atoms with E-state index in [1.54, 1.807) is 0 Å². The third-order valence-corrected chi connectivity index (χ3v) is 17.9. The van der Waals surface area contributed by atoms with Crippen LogP contribution in [0.5, 0.6) is 34.5 Å². The van der Waals surface area contributed by atoms with E-state index in [0.717, 1.165) is 22.3 Å². The summed E-state index contributed by atoms with van der Waals surface area (Å²) in [6.45, 7) is 1.44. The van der Waals surface area contributed by atoms with Crippen LogP contribution < -0.4 is 55.2 Å². The van der Waals surface area contributed by atoms with Crippen LogP contribution in [-0.2, 0) is 25.7 Å². The van der Waals surface area contributed by atoms with Crippen molar-refractivity contribution in [3.8, 4) is 34.5 Å². The molecule has 1 atom stereocenters. The van der Waals surface area contributed by atoms with E-state index in [-0.39, 0.29) is 0 Å². The van der Waals surface area contributed by atoms with Crippen LogP contribution in [0.1, 0.15) is 22.3 Å². The van der Waals surface area contributed by atoms with Crippen LogP contribution in [0.2, 0.25) is 0 Å². The van der Waals surface area contributed by atoms with Crippen molar-refractivity contribution in [1.29, 1.82) is 0 Å². The number of nitrogens with one attached hydrogen (secondary N) is 1. The number of para-hydroxylation sites is 6. The fraction of sp³-hybridized carbons (Fsp3) is 0.182. The normalized spacial score (nSPS) is 16.4. The summed E-state index contributed by atoms with van der Waals surface area (Å²) < 4.78 is 44.1. The van der Waals surface area contributed by atoms with Crippen molar-refractivity contribution >= 4 is 24.1 Å². The van der Waals surface area contributed by atoms with Gasteiger partial charge in [-0.3, -0.25) is 0 Å². The molecule has 1 aliphatic rings. The van der Waals surface area contributed by atoms with E-state index in [1.807, 2.05) is 158 Å². The molecule has 1 heterocycles. The van der Waals surface area contributed by atoms with Gasteiger partial charge in [-0.15, -0.1) is 0 Å². The molecule has 0 bridgehead atoms. The van der Waals surface area contributed by atoms with E-state index in [9.17, 15) is 0 Å². The third-order valence-electron chi connectivity index (χ3n) is 9.36. The molecule has 0 aliphatic carbocycles. The van der Waals surface area contributed by atoms with Crippen molar-refractivity contribution in [2.45, 2.75) is 25.7 Å². The quantitative estimate of drug-likeness (QED) is 0.0460. The predicted octanol–water partition coefficient (Wildman–Crippen LogP) is 8.87. The molecule has 0 saturated carbocycles. The molecule has 314 valence electrons. The minimum atomic E-state index is -5.51. The molecule has 60 heavy (non-hydrogen) atoms. The Bertz CT molecular complexity index is 2270. The molecule has 9 N–H and O–H groups in total. The van der Waals surface area contributed by atoms with E-state index in [1.165, 1.54) is 4.60 Å². The van der Waals surface area contributed by atoms with Crippen LogP contribution in [0.25, 0.3) is 0 Å². The molecular formula is C44H52N7O6P3. The standard InChI is InChI=1S/C44H52N7O6P3/c45-31-27-35-15-7-11-23-41(35)53-59(54-42-24-12-8-16-36(42)28-32-46)49-58-50-60(55-40-21-5-2-6-22-40,51(59)52-39-19-3-1-4-20-39,56-43-25-13-9-17-37(43)29-33-47)57-44-26-14-10-18-38(44)30-34-48/h1-26,50,58H,27-34,45-48H2. The van der Waals surface area contributed by atoms with E-state index in [4.69, 9.17) is 54.9 Å². The Kier molecular flexibility index (Phi) is 14.4. The van der Waals surface area contributed by atoms with Crippen molar-refractivity contribution in [1.82, 2.24) is 9.46 Å². The van der Waals surface area contributed by atoms with E-state index in [2.05, 4.69) is 4.86 Å². The first-order valence-corrected chi connectivity index (χ1v) is 24.2. The minimum absolute atomic E-state index is 0.351. The molecule has 6 aromatic carbocycles. The Morgan fingerprint density at radius 3 is 1.27 bits per heavy atom. The van der Waals surface area contributed by atoms with Gasteiger partial charge in [0, 0.05) is 0 Å². The zero-order valence-corrected chi connectivity index (χ0v) is 36.0. The van der Waals surface area contributed by atoms with Gasteiger partial charge in [-0.05, 0) is 0 Å². The van der Waals surface area contributed by atoms with Gasteiger partial charge in [0.2, 0.25) is 0 Å². The molecule has 0 fully saturated rings. The van der Waals surface area contributed by atoms with E-state index in [0.29, 0.717) is 86.4 Å². The molecule has 0 amide bonds. The monoisotopic (exact) mass is 867 g/mol. The second kappa shape index (κ2) is 20.0. The van der Waals surface area contributed by atoms with Crippen LogP contribution in [0.15, 0.2) is 162 Å². The molecule has 0 aromatic heterocycles. The Morgan fingerprint density at radius 1 is 0.467 bits per heavy atom. The van der Waals surface area contributed by atoms with Crippen LogP contribution in [-0.4, -0.2) is 30.8 Å². The number of hydrogen-bond acceptors (Lipinski definition) is 13. The molecule has 7 rings (SSSR count). The SMILES string of the molecule is NCCc1ccccc1OP1(Oc2ccccc2CCN)=NPNP(Oc2ccccc2)(Oc2ccccc2CCN)(Oc2ccccc2CCN)N1Oc1ccccc1. The summed E-state index contributed by atoms with van der Waals surface area (Å²) in [7, 11) is -10.1. The van der Waals surface area contributed by atoms with E-state index < -0.39 is 24.1 Å². The average molecular weight is 868 g/mol. The molecule has 1 unspecified atom stereocenters. The molecular weight excluding hydrogens is 815 g/mol. The summed E-state index contributed by atoms with van der Waals surface area (Å²) in [5.74, 6) is 2.61. The maximum atomic E-state index is 7.59. The van der Waals surface area contributed by atoms with Gasteiger partial charge in [-0.1, -0.05) is 0 Å². The van der Waals surface area contributed by atoms with Gasteiger partial charge < -0.3 is 0 Å². The number of rotatable bonds is 20. The van der Waals surface area contributed by atoms with Crippen molar-refractivity contribution in [2.24, 2.45) is 27.5 Å². The second-order valence-corrected chi connectivity index (χ2v) is 20.2. The number of hydrogen-bond donors (Lipinski definition) is 5. The predicted molar refractivity (Wildman–Crippen MR) is 243 cm³/mol. The van der Waals surface area contributed by atoms with Crippen molar-refractivity contribution in [2.75, 3.05) is 26.2 Å². The molecule has 6 aromatic rings. The Morgan fingerprint density at radius 2 is 0.833 bits per heavy atom. The van der Waals surface area contributed by atoms with E-state index >= 15 is 0 Å². The van der Waals surface area contributed by atoms with Gasteiger partial charge in [0.1, 0.15) is 0 Å². The summed E-state index contributed by atoms with van der Waals surface area (Å²) in [6.07, 6.45) is 1.98. The molecule has 13 nitrogen and oxygen atoms in total. The maximum absolute atomic E-state index is 7.59. The van der Waals surface area contributed by atoms with Crippen molar-refractivity contribution in [3.05, 3.63) is 180 Å². The van der Waals surface area contributed by atoms with Gasteiger partial charge in [0.15, 0.2) is 0 Å². The fourth-order valence-corrected chi connectivity index (χ4v) is 16.1. The summed E-state index contributed by atoms with van der Waals surface area (Å²) in [4.78, 5) is 10.8. The van der Waals surface area contributed by atoms with Gasteiger partial charge in [-0.25, -0.2) is 0 Å².